The lowest BCUT2D eigenvalue weighted by Gasteiger charge is -2.10. The van der Waals surface area contributed by atoms with Crippen molar-refractivity contribution in [2.24, 2.45) is 0 Å². The quantitative estimate of drug-likeness (QED) is 0.462. The molecule has 0 aliphatic carbocycles. The number of halogens is 4. The van der Waals surface area contributed by atoms with Gasteiger partial charge in [0.05, 0.1) is 5.56 Å². The van der Waals surface area contributed by atoms with Gasteiger partial charge in [0.25, 0.3) is 0 Å². The third-order valence-electron chi connectivity index (χ3n) is 3.64. The predicted molar refractivity (Wildman–Crippen MR) is 97.3 cm³/mol. The number of hydrogen-bond donors (Lipinski definition) is 1. The Balaban J connectivity index is 1.63. The Kier molecular flexibility index (Phi) is 5.79. The van der Waals surface area contributed by atoms with Gasteiger partial charge in [-0.3, -0.25) is 0 Å². The van der Waals surface area contributed by atoms with E-state index in [0.29, 0.717) is 17.4 Å². The highest BCUT2D eigenvalue weighted by Gasteiger charge is 2.34. The Bertz CT molecular complexity index is 964. The molecule has 1 N–H and O–H groups in total. The maximum absolute atomic E-state index is 12.7. The Morgan fingerprint density at radius 3 is 2.36 bits per heavy atom. The molecule has 0 amide bonds. The van der Waals surface area contributed by atoms with Gasteiger partial charge in [-0.05, 0) is 29.8 Å². The zero-order valence-electron chi connectivity index (χ0n) is 14.2. The van der Waals surface area contributed by atoms with E-state index in [0.717, 1.165) is 5.56 Å². The van der Waals surface area contributed by atoms with Crippen LogP contribution in [-0.2, 0) is 17.5 Å². The van der Waals surface area contributed by atoms with E-state index in [4.69, 9.17) is 16.3 Å². The monoisotopic (exact) mass is 407 g/mol. The van der Waals surface area contributed by atoms with Gasteiger partial charge in [0.1, 0.15) is 17.3 Å². The number of hydrogen-bond acceptors (Lipinski definition) is 5. The minimum Gasteiger partial charge on any atom is -0.457 e. The van der Waals surface area contributed by atoms with E-state index < -0.39 is 22.9 Å². The molecule has 28 heavy (non-hydrogen) atoms. The van der Waals surface area contributed by atoms with Crippen molar-refractivity contribution >= 4 is 29.2 Å². The third-order valence-corrected chi connectivity index (χ3v) is 3.93. The zero-order chi connectivity index (χ0) is 20.1. The van der Waals surface area contributed by atoms with E-state index >= 15 is 0 Å². The molecule has 0 atom stereocenters. The Hall–Kier alpha value is -3.13. The summed E-state index contributed by atoms with van der Waals surface area (Å²) in [6, 6.07) is 15.4. The topological polar surface area (TPSA) is 64.1 Å². The van der Waals surface area contributed by atoms with Gasteiger partial charge in [-0.15, -0.1) is 0 Å². The molecule has 5 nitrogen and oxygen atoms in total. The molecule has 0 radical (unpaired) electrons. The second kappa shape index (κ2) is 8.26. The summed E-state index contributed by atoms with van der Waals surface area (Å²) in [6.45, 7) is 0.150. The number of ether oxygens (including phenoxy) is 1. The molecule has 0 fully saturated rings. The predicted octanol–water partition coefficient (Wildman–Crippen LogP) is 5.25. The fourth-order valence-electron chi connectivity index (χ4n) is 2.24. The third kappa shape index (κ3) is 4.98. The van der Waals surface area contributed by atoms with Crippen LogP contribution in [0, 0.1) is 0 Å². The highest BCUT2D eigenvalue weighted by atomic mass is 35.5. The van der Waals surface area contributed by atoms with Crippen LogP contribution in [0.4, 0.5) is 24.8 Å². The van der Waals surface area contributed by atoms with Crippen LogP contribution in [0.15, 0.2) is 60.8 Å². The molecule has 0 unspecified atom stereocenters. The van der Waals surface area contributed by atoms with Crippen molar-refractivity contribution in [2.45, 2.75) is 12.8 Å². The Morgan fingerprint density at radius 2 is 1.75 bits per heavy atom. The van der Waals surface area contributed by atoms with Crippen LogP contribution in [-0.4, -0.2) is 15.9 Å². The number of alkyl halides is 3. The van der Waals surface area contributed by atoms with Crippen molar-refractivity contribution in [3.8, 4) is 0 Å². The van der Waals surface area contributed by atoms with Crippen molar-refractivity contribution in [3.63, 3.8) is 0 Å². The van der Waals surface area contributed by atoms with Crippen LogP contribution in [0.2, 0.25) is 5.15 Å². The Labute approximate surface area is 163 Å². The van der Waals surface area contributed by atoms with Gasteiger partial charge in [-0.25, -0.2) is 14.8 Å². The highest BCUT2D eigenvalue weighted by molar-refractivity contribution is 6.30. The highest BCUT2D eigenvalue weighted by Crippen LogP contribution is 2.33. The number of aromatic nitrogens is 2. The SMILES string of the molecule is O=C(OCc1ccccc1)c1ccc(Nc2ncc(C(F)(F)F)c(Cl)n2)cc1. The normalized spacial score (nSPS) is 11.1. The van der Waals surface area contributed by atoms with Crippen molar-refractivity contribution in [1.82, 2.24) is 9.97 Å². The number of nitrogens with zero attached hydrogens (tertiary/aromatic N) is 2. The van der Waals surface area contributed by atoms with Crippen LogP contribution < -0.4 is 5.32 Å². The second-order valence-corrected chi connectivity index (χ2v) is 6.02. The average molecular weight is 408 g/mol. The number of carbonyl (C=O) groups excluding carboxylic acids is 1. The van der Waals surface area contributed by atoms with Crippen LogP contribution in [0.25, 0.3) is 0 Å². The number of benzene rings is 2. The molecule has 0 bridgehead atoms. The fraction of sp³-hybridized carbons (Fsp3) is 0.105. The minimum absolute atomic E-state index is 0.0996. The molecular formula is C19H13ClF3N3O2. The number of rotatable bonds is 5. The number of nitrogens with one attached hydrogen (secondary N) is 1. The average Bonchev–Trinajstić information content (AvgIpc) is 2.66. The minimum atomic E-state index is -4.63. The van der Waals surface area contributed by atoms with Gasteiger partial charge >= 0.3 is 12.1 Å². The van der Waals surface area contributed by atoms with Crippen molar-refractivity contribution < 1.29 is 22.7 Å². The summed E-state index contributed by atoms with van der Waals surface area (Å²) in [5, 5.41) is 2.02. The van der Waals surface area contributed by atoms with Crippen molar-refractivity contribution in [1.29, 1.82) is 0 Å². The summed E-state index contributed by atoms with van der Waals surface area (Å²) in [6.07, 6.45) is -4.02. The molecule has 1 heterocycles. The van der Waals surface area contributed by atoms with Gasteiger partial charge in [-0.1, -0.05) is 41.9 Å². The van der Waals surface area contributed by atoms with Gasteiger partial charge < -0.3 is 10.1 Å². The molecule has 3 rings (SSSR count). The van der Waals surface area contributed by atoms with Crippen LogP contribution in [0.1, 0.15) is 21.5 Å². The van der Waals surface area contributed by atoms with Gasteiger partial charge in [0.15, 0.2) is 0 Å². The number of anilines is 2. The van der Waals surface area contributed by atoms with Crippen LogP contribution in [0.5, 0.6) is 0 Å². The number of carbonyl (C=O) groups is 1. The molecule has 0 saturated carbocycles. The van der Waals surface area contributed by atoms with E-state index in [-0.39, 0.29) is 12.6 Å². The maximum atomic E-state index is 12.7. The summed E-state index contributed by atoms with van der Waals surface area (Å²) >= 11 is 5.56. The standard InChI is InChI=1S/C19H13ClF3N3O2/c20-16-15(19(21,22)23)10-24-18(26-16)25-14-8-6-13(7-9-14)17(27)28-11-12-4-2-1-3-5-12/h1-10H,11H2,(H,24,25,26). The fourth-order valence-corrected chi connectivity index (χ4v) is 2.47. The summed E-state index contributed by atoms with van der Waals surface area (Å²) in [5.74, 6) is -0.596. The molecule has 0 aliphatic rings. The molecule has 1 aromatic heterocycles. The summed E-state index contributed by atoms with van der Waals surface area (Å²) in [7, 11) is 0. The molecule has 9 heteroatoms. The lowest BCUT2D eigenvalue weighted by molar-refractivity contribution is -0.137. The number of esters is 1. The van der Waals surface area contributed by atoms with E-state index in [9.17, 15) is 18.0 Å². The first-order valence-electron chi connectivity index (χ1n) is 8.01. The first-order valence-corrected chi connectivity index (χ1v) is 8.38. The lowest BCUT2D eigenvalue weighted by Crippen LogP contribution is -2.09. The first kappa shape index (κ1) is 19.6. The maximum Gasteiger partial charge on any atom is 0.420 e. The summed E-state index contributed by atoms with van der Waals surface area (Å²) in [4.78, 5) is 19.3. The van der Waals surface area contributed by atoms with E-state index in [1.165, 1.54) is 12.1 Å². The smallest absolute Gasteiger partial charge is 0.420 e. The van der Waals surface area contributed by atoms with E-state index in [1.54, 1.807) is 12.1 Å². The van der Waals surface area contributed by atoms with Crippen molar-refractivity contribution in [2.75, 3.05) is 5.32 Å². The molecule has 144 valence electrons. The molecule has 0 spiro atoms. The van der Waals surface area contributed by atoms with E-state index in [2.05, 4.69) is 15.3 Å². The molecule has 0 saturated heterocycles. The zero-order valence-corrected chi connectivity index (χ0v) is 15.0. The molecule has 2 aromatic carbocycles. The largest absolute Gasteiger partial charge is 0.457 e. The summed E-state index contributed by atoms with van der Waals surface area (Å²) in [5.41, 5.74) is 0.546. The Morgan fingerprint density at radius 1 is 1.07 bits per heavy atom. The van der Waals surface area contributed by atoms with Crippen LogP contribution in [0.3, 0.4) is 0 Å². The molecular weight excluding hydrogens is 395 g/mol. The molecule has 0 aliphatic heterocycles. The van der Waals surface area contributed by atoms with E-state index in [1.807, 2.05) is 30.3 Å². The van der Waals surface area contributed by atoms with Crippen molar-refractivity contribution in [3.05, 3.63) is 82.6 Å². The lowest BCUT2D eigenvalue weighted by atomic mass is 10.2. The van der Waals surface area contributed by atoms with Gasteiger partial charge in [0, 0.05) is 11.9 Å². The van der Waals surface area contributed by atoms with Crippen LogP contribution >= 0.6 is 11.6 Å². The second-order valence-electron chi connectivity index (χ2n) is 5.66. The summed E-state index contributed by atoms with van der Waals surface area (Å²) < 4.78 is 43.2. The molecule has 3 aromatic rings. The van der Waals surface area contributed by atoms with Gasteiger partial charge in [-0.2, -0.15) is 13.2 Å². The van der Waals surface area contributed by atoms with Gasteiger partial charge in [0.2, 0.25) is 5.95 Å². The first-order chi connectivity index (χ1) is 13.3.